The number of fused-ring (bicyclic) bond motifs is 1. The number of carbonyl (C=O) groups excluding carboxylic acids is 3. The Balaban J connectivity index is 1.43. The third-order valence-electron chi connectivity index (χ3n) is 6.62. The van der Waals surface area contributed by atoms with E-state index in [0.717, 1.165) is 22.2 Å². The molecular weight excluding hydrogens is 567 g/mol. The molecule has 0 aliphatic carbocycles. The highest BCUT2D eigenvalue weighted by molar-refractivity contribution is 8.25. The lowest BCUT2D eigenvalue weighted by molar-refractivity contribution is -0.207. The summed E-state index contributed by atoms with van der Waals surface area (Å²) in [5.41, 5.74) is 2.69. The van der Waals surface area contributed by atoms with E-state index in [0.29, 0.717) is 5.75 Å². The second kappa shape index (κ2) is 11.5. The van der Waals surface area contributed by atoms with Crippen molar-refractivity contribution in [3.8, 4) is 5.75 Å². The number of nitrogens with one attached hydrogen (secondary N) is 2. The van der Waals surface area contributed by atoms with Crippen LogP contribution in [0.25, 0.3) is 10.9 Å². The number of halogens is 3. The highest BCUT2D eigenvalue weighted by atomic mass is 32.3. The van der Waals surface area contributed by atoms with E-state index < -0.39 is 57.5 Å². The Morgan fingerprint density at radius 1 is 1.12 bits per heavy atom. The minimum Gasteiger partial charge on any atom is -0.489 e. The van der Waals surface area contributed by atoms with Crippen LogP contribution in [0.1, 0.15) is 41.4 Å². The van der Waals surface area contributed by atoms with Crippen molar-refractivity contribution in [1.29, 1.82) is 0 Å². The van der Waals surface area contributed by atoms with Crippen LogP contribution < -0.4 is 15.5 Å². The van der Waals surface area contributed by atoms with Gasteiger partial charge < -0.3 is 14.9 Å². The minimum atomic E-state index is -5.32. The number of ether oxygens (including phenoxy) is 1. The number of amides is 2. The number of hydrogen-bond acceptors (Lipinski definition) is 8. The van der Waals surface area contributed by atoms with Crippen molar-refractivity contribution in [3.05, 3.63) is 71.4 Å². The molecule has 4 rings (SSSR count). The second-order valence-electron chi connectivity index (χ2n) is 9.95. The number of carbonyl (C=O) groups is 3. The molecule has 10 nitrogen and oxygen atoms in total. The minimum absolute atomic E-state index is 0.0534. The van der Waals surface area contributed by atoms with Gasteiger partial charge in [-0.2, -0.15) is 29.2 Å². The van der Waals surface area contributed by atoms with Gasteiger partial charge in [0.25, 0.3) is 11.8 Å². The van der Waals surface area contributed by atoms with Crippen LogP contribution in [0.2, 0.25) is 0 Å². The fraction of sp³-hybridized carbons (Fsp3) is 0.333. The van der Waals surface area contributed by atoms with Crippen LogP contribution in [0.5, 0.6) is 5.75 Å². The Labute approximate surface area is 234 Å². The van der Waals surface area contributed by atoms with Gasteiger partial charge in [-0.15, -0.1) is 0 Å². The number of alkyl halides is 3. The lowest BCUT2D eigenvalue weighted by Crippen LogP contribution is -2.52. The summed E-state index contributed by atoms with van der Waals surface area (Å²) < 4.78 is 63.8. The predicted octanol–water partition coefficient (Wildman–Crippen LogP) is 4.66. The molecular formula is C27H28F3N3O7S. The Bertz CT molecular complexity index is 1470. The summed E-state index contributed by atoms with van der Waals surface area (Å²) in [4.78, 5) is 44.6. The number of hydroxylamine groups is 1. The number of rotatable bonds is 7. The molecule has 1 aromatic heterocycles. The van der Waals surface area contributed by atoms with Crippen LogP contribution in [0.3, 0.4) is 0 Å². The lowest BCUT2D eigenvalue weighted by Gasteiger charge is -2.34. The highest BCUT2D eigenvalue weighted by Crippen LogP contribution is 2.56. The SMILES string of the molecule is Cc1cc(COc2ccc(C(=O)NC3(CC(=O)NOC(=O)C(F)(F)F)CC(C)S(O)(O)C3)cc2)c2ccccc2n1. The first-order chi connectivity index (χ1) is 19.2. The van der Waals surface area contributed by atoms with Crippen LogP contribution in [-0.2, 0) is 21.0 Å². The average Bonchev–Trinajstić information content (AvgIpc) is 3.11. The molecule has 1 aliphatic rings. The van der Waals surface area contributed by atoms with Gasteiger partial charge in [0.1, 0.15) is 12.4 Å². The van der Waals surface area contributed by atoms with Gasteiger partial charge in [0.15, 0.2) is 0 Å². The van der Waals surface area contributed by atoms with E-state index in [1.807, 2.05) is 37.3 Å². The molecule has 2 amide bonds. The lowest BCUT2D eigenvalue weighted by atomic mass is 9.91. The van der Waals surface area contributed by atoms with E-state index in [2.05, 4.69) is 15.1 Å². The van der Waals surface area contributed by atoms with Crippen molar-refractivity contribution >= 4 is 39.3 Å². The van der Waals surface area contributed by atoms with Gasteiger partial charge in [-0.1, -0.05) is 18.2 Å². The molecule has 1 saturated heterocycles. The first-order valence-corrected chi connectivity index (χ1v) is 14.2. The van der Waals surface area contributed by atoms with Gasteiger partial charge in [-0.3, -0.25) is 23.7 Å². The zero-order valence-corrected chi connectivity index (χ0v) is 22.8. The number of benzene rings is 2. The second-order valence-corrected chi connectivity index (χ2v) is 12.5. The van der Waals surface area contributed by atoms with Crippen LogP contribution >= 0.6 is 10.6 Å². The van der Waals surface area contributed by atoms with Crippen LogP contribution in [-0.4, -0.2) is 54.6 Å². The summed E-state index contributed by atoms with van der Waals surface area (Å²) in [6, 6.07) is 15.7. The Morgan fingerprint density at radius 3 is 2.44 bits per heavy atom. The molecule has 14 heteroatoms. The van der Waals surface area contributed by atoms with Crippen molar-refractivity contribution < 1.29 is 46.2 Å². The van der Waals surface area contributed by atoms with Gasteiger partial charge in [0, 0.05) is 27.5 Å². The van der Waals surface area contributed by atoms with Crippen molar-refractivity contribution in [2.24, 2.45) is 0 Å². The molecule has 0 radical (unpaired) electrons. The Hall–Kier alpha value is -3.88. The number of para-hydroxylation sites is 1. The summed E-state index contributed by atoms with van der Waals surface area (Å²) in [6.45, 7) is 3.66. The molecule has 41 heavy (non-hydrogen) atoms. The number of pyridine rings is 1. The van der Waals surface area contributed by atoms with E-state index in [4.69, 9.17) is 4.74 Å². The summed E-state index contributed by atoms with van der Waals surface area (Å²) in [6.07, 6.45) is -6.04. The Kier molecular flexibility index (Phi) is 8.47. The predicted molar refractivity (Wildman–Crippen MR) is 144 cm³/mol. The molecule has 2 unspecified atom stereocenters. The fourth-order valence-electron chi connectivity index (χ4n) is 4.74. The summed E-state index contributed by atoms with van der Waals surface area (Å²) in [5.74, 6) is -4.37. The van der Waals surface area contributed by atoms with Crippen LogP contribution in [0.4, 0.5) is 13.2 Å². The molecule has 2 heterocycles. The molecule has 4 N–H and O–H groups in total. The third kappa shape index (κ3) is 7.26. The van der Waals surface area contributed by atoms with E-state index in [9.17, 15) is 36.7 Å². The van der Waals surface area contributed by atoms with Gasteiger partial charge >= 0.3 is 12.1 Å². The number of hydrogen-bond donors (Lipinski definition) is 4. The number of nitrogens with zero attached hydrogens (tertiary/aromatic N) is 1. The summed E-state index contributed by atoms with van der Waals surface area (Å²) in [7, 11) is -3.23. The molecule has 1 aliphatic heterocycles. The fourth-order valence-corrected chi connectivity index (χ4v) is 6.72. The quantitative estimate of drug-likeness (QED) is 0.289. The zero-order chi connectivity index (χ0) is 30.0. The van der Waals surface area contributed by atoms with Crippen molar-refractivity contribution in [3.63, 3.8) is 0 Å². The maximum Gasteiger partial charge on any atom is 0.493 e. The molecule has 0 bridgehead atoms. The molecule has 220 valence electrons. The maximum atomic E-state index is 13.1. The zero-order valence-electron chi connectivity index (χ0n) is 22.0. The van der Waals surface area contributed by atoms with Crippen molar-refractivity contribution in [2.75, 3.05) is 5.75 Å². The third-order valence-corrected chi connectivity index (χ3v) is 9.05. The first kappa shape index (κ1) is 30.1. The summed E-state index contributed by atoms with van der Waals surface area (Å²) in [5, 5.41) is 2.88. The van der Waals surface area contributed by atoms with Gasteiger partial charge in [0.05, 0.1) is 23.2 Å². The van der Waals surface area contributed by atoms with Gasteiger partial charge in [0.2, 0.25) is 0 Å². The number of aryl methyl sites for hydroxylation is 1. The van der Waals surface area contributed by atoms with E-state index >= 15 is 0 Å². The monoisotopic (exact) mass is 595 g/mol. The van der Waals surface area contributed by atoms with Crippen LogP contribution in [0, 0.1) is 6.92 Å². The normalized spacial score (nSPS) is 20.7. The molecule has 3 aromatic rings. The van der Waals surface area contributed by atoms with Gasteiger partial charge in [-0.05, 0) is 56.7 Å². The maximum absolute atomic E-state index is 13.1. The number of aromatic nitrogens is 1. The Morgan fingerprint density at radius 2 is 1.80 bits per heavy atom. The first-order valence-electron chi connectivity index (χ1n) is 12.4. The highest BCUT2D eigenvalue weighted by Gasteiger charge is 2.49. The smallest absolute Gasteiger partial charge is 0.489 e. The summed E-state index contributed by atoms with van der Waals surface area (Å²) >= 11 is 0. The molecule has 2 atom stereocenters. The molecule has 0 saturated carbocycles. The van der Waals surface area contributed by atoms with Crippen molar-refractivity contribution in [1.82, 2.24) is 15.8 Å². The van der Waals surface area contributed by atoms with Gasteiger partial charge in [-0.25, -0.2) is 4.79 Å². The molecule has 2 aromatic carbocycles. The van der Waals surface area contributed by atoms with Crippen LogP contribution in [0.15, 0.2) is 54.6 Å². The largest absolute Gasteiger partial charge is 0.493 e. The van der Waals surface area contributed by atoms with Crippen molar-refractivity contribution in [2.45, 2.75) is 50.3 Å². The standard InChI is InChI=1S/C27H28F3N3O7S/c1-16-11-19(21-5-3-4-6-22(21)31-16)14-39-20-9-7-18(8-10-20)24(35)32-26(12-17(2)41(37,38)15-26)13-23(34)33-40-25(36)27(28,29)30/h3-11,17,37-38H,12-15H2,1-2H3,(H,32,35)(H,33,34). The molecule has 0 spiro atoms. The molecule has 1 fully saturated rings. The topological polar surface area (TPSA) is 147 Å². The average molecular weight is 596 g/mol. The van der Waals surface area contributed by atoms with E-state index in [1.165, 1.54) is 24.5 Å². The van der Waals surface area contributed by atoms with E-state index in [1.54, 1.807) is 12.1 Å². The van der Waals surface area contributed by atoms with E-state index in [-0.39, 0.29) is 18.6 Å².